The van der Waals surface area contributed by atoms with Crippen molar-refractivity contribution in [2.24, 2.45) is 5.92 Å². The molecule has 0 saturated carbocycles. The molecule has 0 fully saturated rings. The average molecular weight is 321 g/mol. The van der Waals surface area contributed by atoms with Crippen molar-refractivity contribution in [3.05, 3.63) is 23.8 Å². The normalized spacial score (nSPS) is 17.5. The zero-order valence-corrected chi connectivity index (χ0v) is 14.6. The van der Waals surface area contributed by atoms with Gasteiger partial charge in [-0.05, 0) is 23.5 Å². The maximum atomic E-state index is 11.8. The number of anilines is 1. The Kier molecular flexibility index (Phi) is 5.06. The Labute approximate surface area is 137 Å². The highest BCUT2D eigenvalue weighted by molar-refractivity contribution is 7.80. The van der Waals surface area contributed by atoms with Gasteiger partial charge in [0.15, 0.2) is 6.10 Å². The number of para-hydroxylation sites is 1. The number of carbonyl (C=O) groups excluding carboxylic acids is 1. The van der Waals surface area contributed by atoms with Crippen LogP contribution < -0.4 is 9.64 Å². The number of esters is 1. The van der Waals surface area contributed by atoms with E-state index < -0.39 is 0 Å². The van der Waals surface area contributed by atoms with Crippen LogP contribution in [0.5, 0.6) is 5.75 Å². The number of benzene rings is 1. The topological polar surface area (TPSA) is 38.8 Å². The summed E-state index contributed by atoms with van der Waals surface area (Å²) in [6.07, 6.45) is -0.216. The first-order valence-electron chi connectivity index (χ1n) is 7.54. The predicted molar refractivity (Wildman–Crippen MR) is 91.7 cm³/mol. The van der Waals surface area contributed by atoms with Crippen LogP contribution >= 0.6 is 12.2 Å². The Hall–Kier alpha value is -1.62. The zero-order chi connectivity index (χ0) is 16.4. The smallest absolute Gasteiger partial charge is 0.325 e. The van der Waals surface area contributed by atoms with E-state index in [4.69, 9.17) is 21.7 Å². The molecule has 120 valence electrons. The van der Waals surface area contributed by atoms with Crippen LogP contribution in [0.2, 0.25) is 0 Å². The second-order valence-electron chi connectivity index (χ2n) is 6.13. The van der Waals surface area contributed by atoms with Gasteiger partial charge in [0.1, 0.15) is 17.3 Å². The fourth-order valence-corrected chi connectivity index (χ4v) is 3.05. The van der Waals surface area contributed by atoms with E-state index in [9.17, 15) is 4.79 Å². The Morgan fingerprint density at radius 1 is 1.36 bits per heavy atom. The van der Waals surface area contributed by atoms with Crippen molar-refractivity contribution in [2.75, 3.05) is 18.6 Å². The highest BCUT2D eigenvalue weighted by atomic mass is 32.1. The van der Waals surface area contributed by atoms with Crippen molar-refractivity contribution in [3.63, 3.8) is 0 Å². The number of hydrogen-bond donors (Lipinski definition) is 0. The molecule has 0 spiro atoms. The molecule has 4 nitrogen and oxygen atoms in total. The second-order valence-corrected chi connectivity index (χ2v) is 6.55. The lowest BCUT2D eigenvalue weighted by Crippen LogP contribution is -2.49. The van der Waals surface area contributed by atoms with Crippen molar-refractivity contribution in [3.8, 4) is 5.75 Å². The van der Waals surface area contributed by atoms with E-state index in [1.54, 1.807) is 0 Å². The van der Waals surface area contributed by atoms with Gasteiger partial charge >= 0.3 is 5.97 Å². The van der Waals surface area contributed by atoms with Gasteiger partial charge in [-0.15, -0.1) is 0 Å². The molecule has 5 heteroatoms. The van der Waals surface area contributed by atoms with Crippen LogP contribution in [0.15, 0.2) is 18.2 Å². The molecule has 1 aromatic rings. The number of hydrogen-bond acceptors (Lipinski definition) is 4. The molecule has 0 aromatic heterocycles. The molecule has 0 radical (unpaired) electrons. The third-order valence-electron chi connectivity index (χ3n) is 3.81. The summed E-state index contributed by atoms with van der Waals surface area (Å²) in [5.41, 5.74) is 1.97. The molecular weight excluding hydrogens is 298 g/mol. The molecule has 0 unspecified atom stereocenters. The van der Waals surface area contributed by atoms with E-state index in [0.29, 0.717) is 10.9 Å². The minimum Gasteiger partial charge on any atom is -0.481 e. The molecule has 0 N–H and O–H groups in total. The van der Waals surface area contributed by atoms with Crippen LogP contribution in [-0.2, 0) is 9.53 Å². The van der Waals surface area contributed by atoms with Gasteiger partial charge in [-0.1, -0.05) is 52.0 Å². The van der Waals surface area contributed by atoms with E-state index in [-0.39, 0.29) is 24.5 Å². The monoisotopic (exact) mass is 321 g/mol. The van der Waals surface area contributed by atoms with Gasteiger partial charge in [0.2, 0.25) is 0 Å². The number of rotatable bonds is 4. The highest BCUT2D eigenvalue weighted by Crippen LogP contribution is 2.41. The molecule has 0 amide bonds. The maximum Gasteiger partial charge on any atom is 0.325 e. The Bertz CT molecular complexity index is 583. The first-order chi connectivity index (χ1) is 10.4. The van der Waals surface area contributed by atoms with Crippen LogP contribution in [0.3, 0.4) is 0 Å². The van der Waals surface area contributed by atoms with E-state index >= 15 is 0 Å². The minimum absolute atomic E-state index is 0.108. The summed E-state index contributed by atoms with van der Waals surface area (Å²) in [5.74, 6) is 1.07. The lowest BCUT2D eigenvalue weighted by Gasteiger charge is -2.39. The van der Waals surface area contributed by atoms with Gasteiger partial charge in [-0.2, -0.15) is 0 Å². The number of nitrogens with zero attached hydrogens (tertiary/aromatic N) is 1. The van der Waals surface area contributed by atoms with Crippen molar-refractivity contribution in [1.82, 2.24) is 0 Å². The summed E-state index contributed by atoms with van der Waals surface area (Å²) in [4.78, 5) is 14.2. The molecule has 2 rings (SSSR count). The SMILES string of the molecule is COC(=O)CN1C(=S)[C@H](C(C)C)Oc2c(C(C)C)cccc21. The molecule has 0 aliphatic carbocycles. The summed E-state index contributed by atoms with van der Waals surface area (Å²) in [6, 6.07) is 5.97. The van der Waals surface area contributed by atoms with Crippen LogP contribution in [0.25, 0.3) is 0 Å². The predicted octanol–water partition coefficient (Wildman–Crippen LogP) is 3.53. The summed E-state index contributed by atoms with van der Waals surface area (Å²) in [6.45, 7) is 8.49. The molecule has 1 heterocycles. The Morgan fingerprint density at radius 2 is 2.05 bits per heavy atom. The molecule has 1 aromatic carbocycles. The van der Waals surface area contributed by atoms with Gasteiger partial charge < -0.3 is 14.4 Å². The highest BCUT2D eigenvalue weighted by Gasteiger charge is 2.35. The Balaban J connectivity index is 2.52. The first kappa shape index (κ1) is 16.7. The Morgan fingerprint density at radius 3 is 2.59 bits per heavy atom. The summed E-state index contributed by atoms with van der Waals surface area (Å²) < 4.78 is 11.0. The van der Waals surface area contributed by atoms with Crippen LogP contribution in [-0.4, -0.2) is 30.7 Å². The lowest BCUT2D eigenvalue weighted by atomic mass is 9.97. The van der Waals surface area contributed by atoms with E-state index in [1.807, 2.05) is 17.0 Å². The summed E-state index contributed by atoms with van der Waals surface area (Å²) >= 11 is 5.57. The number of fused-ring (bicyclic) bond motifs is 1. The van der Waals surface area contributed by atoms with Crippen LogP contribution in [0.1, 0.15) is 39.2 Å². The molecule has 0 saturated heterocycles. The molecule has 0 bridgehead atoms. The van der Waals surface area contributed by atoms with Gasteiger partial charge in [-0.25, -0.2) is 0 Å². The van der Waals surface area contributed by atoms with Crippen molar-refractivity contribution >= 4 is 28.9 Å². The fraction of sp³-hybridized carbons (Fsp3) is 0.529. The van der Waals surface area contributed by atoms with E-state index in [0.717, 1.165) is 17.0 Å². The van der Waals surface area contributed by atoms with E-state index in [2.05, 4.69) is 33.8 Å². The summed E-state index contributed by atoms with van der Waals surface area (Å²) in [7, 11) is 1.39. The third kappa shape index (κ3) is 3.09. The number of methoxy groups -OCH3 is 1. The zero-order valence-electron chi connectivity index (χ0n) is 13.8. The third-order valence-corrected chi connectivity index (χ3v) is 4.26. The number of thiocarbonyl (C=S) groups is 1. The second kappa shape index (κ2) is 6.65. The van der Waals surface area contributed by atoms with Gasteiger partial charge in [0, 0.05) is 0 Å². The van der Waals surface area contributed by atoms with Gasteiger partial charge in [0.05, 0.1) is 12.8 Å². The first-order valence-corrected chi connectivity index (χ1v) is 7.95. The average Bonchev–Trinajstić information content (AvgIpc) is 2.48. The maximum absolute atomic E-state index is 11.8. The molecule has 22 heavy (non-hydrogen) atoms. The van der Waals surface area contributed by atoms with E-state index in [1.165, 1.54) is 7.11 Å². The van der Waals surface area contributed by atoms with Crippen molar-refractivity contribution in [2.45, 2.75) is 39.7 Å². The number of ether oxygens (including phenoxy) is 2. The number of carbonyl (C=O) groups is 1. The molecule has 1 atom stereocenters. The lowest BCUT2D eigenvalue weighted by molar-refractivity contribution is -0.138. The van der Waals surface area contributed by atoms with Crippen molar-refractivity contribution < 1.29 is 14.3 Å². The largest absolute Gasteiger partial charge is 0.481 e. The van der Waals surface area contributed by atoms with Gasteiger partial charge in [0.25, 0.3) is 0 Å². The van der Waals surface area contributed by atoms with Crippen LogP contribution in [0, 0.1) is 5.92 Å². The molecular formula is C17H23NO3S. The minimum atomic E-state index is -0.312. The van der Waals surface area contributed by atoms with Crippen molar-refractivity contribution in [1.29, 1.82) is 0 Å². The summed E-state index contributed by atoms with van der Waals surface area (Å²) in [5, 5.41) is 0. The van der Waals surface area contributed by atoms with Crippen LogP contribution in [0.4, 0.5) is 5.69 Å². The standard InChI is InChI=1S/C17H23NO3S/c1-10(2)12-7-6-8-13-16(12)21-15(11(3)4)17(22)18(13)9-14(19)20-5/h6-8,10-11,15H,9H2,1-5H3/t15-/m0/s1. The molecule has 1 aliphatic heterocycles. The molecule has 1 aliphatic rings. The van der Waals surface area contributed by atoms with Gasteiger partial charge in [-0.3, -0.25) is 4.79 Å². The quantitative estimate of drug-likeness (QED) is 0.626. The fourth-order valence-electron chi connectivity index (χ4n) is 2.57.